The van der Waals surface area contributed by atoms with E-state index in [0.29, 0.717) is 11.8 Å². The Kier molecular flexibility index (Phi) is 5.47. The van der Waals surface area contributed by atoms with E-state index in [4.69, 9.17) is 10.5 Å². The molecule has 0 aliphatic rings. The molecule has 0 bridgehead atoms. The number of ether oxygens (including phenoxy) is 1. The summed E-state index contributed by atoms with van der Waals surface area (Å²) in [7, 11) is 1.72. The van der Waals surface area contributed by atoms with Gasteiger partial charge < -0.3 is 10.5 Å². The molecule has 1 unspecified atom stereocenters. The number of hydrogen-bond acceptors (Lipinski definition) is 2. The van der Waals surface area contributed by atoms with Crippen LogP contribution in [0.5, 0.6) is 5.75 Å². The zero-order valence-electron chi connectivity index (χ0n) is 11.1. The monoisotopic (exact) mass is 299 g/mol. The van der Waals surface area contributed by atoms with Crippen LogP contribution in [0.3, 0.4) is 0 Å². The van der Waals surface area contributed by atoms with E-state index >= 15 is 0 Å². The van der Waals surface area contributed by atoms with Gasteiger partial charge in [-0.2, -0.15) is 0 Å². The minimum Gasteiger partial charge on any atom is -0.495 e. The van der Waals surface area contributed by atoms with Crippen molar-refractivity contribution < 1.29 is 4.74 Å². The molecule has 0 spiro atoms. The van der Waals surface area contributed by atoms with Crippen molar-refractivity contribution in [3.8, 4) is 5.75 Å². The predicted octanol–water partition coefficient (Wildman–Crippen LogP) is 4.03. The van der Waals surface area contributed by atoms with Gasteiger partial charge in [-0.25, -0.2) is 0 Å². The first-order valence-electron chi connectivity index (χ1n) is 6.08. The highest BCUT2D eigenvalue weighted by molar-refractivity contribution is 9.10. The predicted molar refractivity (Wildman–Crippen MR) is 76.9 cm³/mol. The van der Waals surface area contributed by atoms with Crippen molar-refractivity contribution in [3.63, 3.8) is 0 Å². The van der Waals surface area contributed by atoms with Crippen LogP contribution in [0.15, 0.2) is 16.6 Å². The minimum atomic E-state index is 0.450. The van der Waals surface area contributed by atoms with Crippen LogP contribution in [0.4, 0.5) is 0 Å². The summed E-state index contributed by atoms with van der Waals surface area (Å²) in [5.74, 6) is 1.88. The van der Waals surface area contributed by atoms with Crippen LogP contribution >= 0.6 is 15.9 Å². The first-order valence-corrected chi connectivity index (χ1v) is 6.87. The fourth-order valence-electron chi connectivity index (χ4n) is 1.98. The van der Waals surface area contributed by atoms with Gasteiger partial charge in [0.2, 0.25) is 0 Å². The van der Waals surface area contributed by atoms with Crippen LogP contribution in [-0.4, -0.2) is 13.7 Å². The van der Waals surface area contributed by atoms with E-state index in [0.717, 1.165) is 23.2 Å². The van der Waals surface area contributed by atoms with Gasteiger partial charge in [-0.3, -0.25) is 0 Å². The highest BCUT2D eigenvalue weighted by Gasteiger charge is 2.15. The van der Waals surface area contributed by atoms with E-state index in [9.17, 15) is 0 Å². The first kappa shape index (κ1) is 14.5. The van der Waals surface area contributed by atoms with Crippen molar-refractivity contribution in [3.05, 3.63) is 27.7 Å². The second-order valence-corrected chi connectivity index (χ2v) is 5.61. The second-order valence-electron chi connectivity index (χ2n) is 4.76. The van der Waals surface area contributed by atoms with Gasteiger partial charge in [0.15, 0.2) is 0 Å². The van der Waals surface area contributed by atoms with Crippen LogP contribution in [0, 0.1) is 0 Å². The number of nitrogens with two attached hydrogens (primary N) is 1. The molecule has 0 fully saturated rings. The molecule has 0 aromatic heterocycles. The number of halogens is 1. The molecule has 2 N–H and O–H groups in total. The quantitative estimate of drug-likeness (QED) is 0.891. The molecule has 1 atom stereocenters. The zero-order valence-corrected chi connectivity index (χ0v) is 12.7. The Morgan fingerprint density at radius 1 is 1.29 bits per heavy atom. The molecule has 17 heavy (non-hydrogen) atoms. The summed E-state index contributed by atoms with van der Waals surface area (Å²) in [5, 5.41) is 0. The third-order valence-corrected chi connectivity index (χ3v) is 3.68. The smallest absolute Gasteiger partial charge is 0.136 e. The van der Waals surface area contributed by atoms with Crippen molar-refractivity contribution in [2.75, 3.05) is 13.7 Å². The Bertz CT molecular complexity index is 377. The number of methoxy groups -OCH3 is 1. The Morgan fingerprint density at radius 3 is 2.41 bits per heavy atom. The van der Waals surface area contributed by atoms with Crippen LogP contribution < -0.4 is 10.5 Å². The summed E-state index contributed by atoms with van der Waals surface area (Å²) in [5.41, 5.74) is 8.20. The molecule has 0 amide bonds. The Labute approximate surface area is 113 Å². The molecule has 0 radical (unpaired) electrons. The molecule has 2 nitrogen and oxygen atoms in total. The highest BCUT2D eigenvalue weighted by atomic mass is 79.9. The SMILES string of the molecule is COc1c(Br)cc(C(C)CCN)cc1C(C)C. The third kappa shape index (κ3) is 3.46. The normalized spacial score (nSPS) is 12.9. The van der Waals surface area contributed by atoms with Gasteiger partial charge >= 0.3 is 0 Å². The average Bonchev–Trinajstić information content (AvgIpc) is 2.28. The summed E-state index contributed by atoms with van der Waals surface area (Å²) in [4.78, 5) is 0. The molecule has 3 heteroatoms. The molecule has 0 heterocycles. The molecule has 1 aromatic rings. The molecule has 0 saturated carbocycles. The van der Waals surface area contributed by atoms with Crippen molar-refractivity contribution in [1.29, 1.82) is 0 Å². The fourth-order valence-corrected chi connectivity index (χ4v) is 2.64. The summed E-state index contributed by atoms with van der Waals surface area (Å²) < 4.78 is 6.49. The van der Waals surface area contributed by atoms with Gasteiger partial charge in [0.1, 0.15) is 5.75 Å². The van der Waals surface area contributed by atoms with E-state index in [1.54, 1.807) is 7.11 Å². The van der Waals surface area contributed by atoms with Crippen molar-refractivity contribution >= 4 is 15.9 Å². The number of hydrogen-bond donors (Lipinski definition) is 1. The lowest BCUT2D eigenvalue weighted by atomic mass is 9.92. The Morgan fingerprint density at radius 2 is 1.94 bits per heavy atom. The summed E-state index contributed by atoms with van der Waals surface area (Å²) in [6, 6.07) is 4.39. The van der Waals surface area contributed by atoms with Gasteiger partial charge in [-0.1, -0.05) is 26.8 Å². The lowest BCUT2D eigenvalue weighted by Crippen LogP contribution is -2.06. The molecule has 0 aliphatic carbocycles. The van der Waals surface area contributed by atoms with Crippen molar-refractivity contribution in [2.45, 2.75) is 39.0 Å². The molecular formula is C14H22BrNO. The highest BCUT2D eigenvalue weighted by Crippen LogP contribution is 2.37. The van der Waals surface area contributed by atoms with E-state index in [1.165, 1.54) is 11.1 Å². The van der Waals surface area contributed by atoms with Crippen LogP contribution in [0.1, 0.15) is 50.2 Å². The van der Waals surface area contributed by atoms with E-state index < -0.39 is 0 Å². The zero-order chi connectivity index (χ0) is 13.0. The maximum atomic E-state index is 5.62. The fraction of sp³-hybridized carbons (Fsp3) is 0.571. The standard InChI is InChI=1S/C14H22BrNO/c1-9(2)12-7-11(10(3)5-6-16)8-13(15)14(12)17-4/h7-10H,5-6,16H2,1-4H3. The average molecular weight is 300 g/mol. The van der Waals surface area contributed by atoms with E-state index in [1.807, 2.05) is 0 Å². The minimum absolute atomic E-state index is 0.450. The number of rotatable bonds is 5. The molecular weight excluding hydrogens is 278 g/mol. The molecule has 1 rings (SSSR count). The maximum absolute atomic E-state index is 5.62. The summed E-state index contributed by atoms with van der Waals surface area (Å²) >= 11 is 3.59. The molecule has 1 aromatic carbocycles. The van der Waals surface area contributed by atoms with Gasteiger partial charge in [0.25, 0.3) is 0 Å². The molecule has 0 saturated heterocycles. The van der Waals surface area contributed by atoms with E-state index in [-0.39, 0.29) is 0 Å². The molecule has 0 aliphatic heterocycles. The van der Waals surface area contributed by atoms with Crippen molar-refractivity contribution in [2.24, 2.45) is 5.73 Å². The van der Waals surface area contributed by atoms with Gasteiger partial charge in [0.05, 0.1) is 11.6 Å². The van der Waals surface area contributed by atoms with Crippen molar-refractivity contribution in [1.82, 2.24) is 0 Å². The lowest BCUT2D eigenvalue weighted by molar-refractivity contribution is 0.404. The third-order valence-electron chi connectivity index (χ3n) is 3.09. The maximum Gasteiger partial charge on any atom is 0.136 e. The largest absolute Gasteiger partial charge is 0.495 e. The van der Waals surface area contributed by atoms with E-state index in [2.05, 4.69) is 48.8 Å². The van der Waals surface area contributed by atoms with Crippen LogP contribution in [-0.2, 0) is 0 Å². The van der Waals surface area contributed by atoms with Crippen LogP contribution in [0.2, 0.25) is 0 Å². The van der Waals surface area contributed by atoms with Gasteiger partial charge in [0, 0.05) is 0 Å². The lowest BCUT2D eigenvalue weighted by Gasteiger charge is -2.18. The van der Waals surface area contributed by atoms with Gasteiger partial charge in [-0.05, 0) is 57.9 Å². The number of benzene rings is 1. The van der Waals surface area contributed by atoms with Crippen LogP contribution in [0.25, 0.3) is 0 Å². The van der Waals surface area contributed by atoms with Gasteiger partial charge in [-0.15, -0.1) is 0 Å². The second kappa shape index (κ2) is 6.41. The summed E-state index contributed by atoms with van der Waals surface area (Å²) in [6.07, 6.45) is 1.01. The molecule has 96 valence electrons. The Hall–Kier alpha value is -0.540. The Balaban J connectivity index is 3.19. The summed E-state index contributed by atoms with van der Waals surface area (Å²) in [6.45, 7) is 7.30. The topological polar surface area (TPSA) is 35.2 Å². The first-order chi connectivity index (χ1) is 8.01.